The molecule has 2 amide bonds. The van der Waals surface area contributed by atoms with E-state index in [0.29, 0.717) is 53.4 Å². The Kier molecular flexibility index (Phi) is 6.96. The first kappa shape index (κ1) is 28.2. The molecule has 4 aromatic rings. The fourth-order valence-electron chi connectivity index (χ4n) is 6.10. The Labute approximate surface area is 253 Å². The van der Waals surface area contributed by atoms with Gasteiger partial charge in [-0.25, -0.2) is 8.78 Å². The quantitative estimate of drug-likeness (QED) is 0.209. The minimum atomic E-state index is -1.26. The van der Waals surface area contributed by atoms with Gasteiger partial charge in [-0.15, -0.1) is 0 Å². The first-order valence-electron chi connectivity index (χ1n) is 14.9. The molecule has 1 saturated heterocycles. The van der Waals surface area contributed by atoms with Crippen molar-refractivity contribution in [3.8, 4) is 17.2 Å². The van der Waals surface area contributed by atoms with Crippen LogP contribution >= 0.6 is 0 Å². The molecule has 3 aliphatic rings. The maximum Gasteiger partial charge on any atom is 0.240 e. The molecular weight excluding hydrogens is 566 g/mol. The standard InChI is InChI=1S/C34H32F2N4O4/c1-40-24(10-12-33(40)13-14-33)20-43-25-7-8-26-28(19-25)37-17-11-29(26)44-30-9-6-23(18-27(30)36)39-32(42)34(15-16-34)31(41)38-22-4-2-21(35)3-5-22/h2-9,11,17-19,24H,10,12-16,20H2,1H3,(H,38,41)(H,39,42). The molecule has 3 fully saturated rings. The molecule has 0 radical (unpaired) electrons. The summed E-state index contributed by atoms with van der Waals surface area (Å²) >= 11 is 0. The van der Waals surface area contributed by atoms with Crippen LogP contribution in [0, 0.1) is 17.0 Å². The highest BCUT2D eigenvalue weighted by Crippen LogP contribution is 2.51. The lowest BCUT2D eigenvalue weighted by Crippen LogP contribution is -2.37. The van der Waals surface area contributed by atoms with Crippen LogP contribution in [0.25, 0.3) is 10.9 Å². The molecule has 1 atom stereocenters. The number of hydrogen-bond donors (Lipinski definition) is 2. The van der Waals surface area contributed by atoms with Crippen LogP contribution < -0.4 is 20.1 Å². The predicted octanol–water partition coefficient (Wildman–Crippen LogP) is 6.67. The normalized spacial score (nSPS) is 19.5. The molecule has 1 spiro atoms. The third kappa shape index (κ3) is 5.34. The molecule has 2 heterocycles. The zero-order chi connectivity index (χ0) is 30.5. The summed E-state index contributed by atoms with van der Waals surface area (Å²) < 4.78 is 40.4. The summed E-state index contributed by atoms with van der Waals surface area (Å²) in [6.07, 6.45) is 7.24. The molecule has 1 aromatic heterocycles. The summed E-state index contributed by atoms with van der Waals surface area (Å²) in [6, 6.07) is 17.0. The van der Waals surface area contributed by atoms with Gasteiger partial charge in [-0.3, -0.25) is 19.5 Å². The van der Waals surface area contributed by atoms with Gasteiger partial charge in [-0.1, -0.05) is 0 Å². The lowest BCUT2D eigenvalue weighted by atomic mass is 10.0. The zero-order valence-electron chi connectivity index (χ0n) is 24.2. The number of anilines is 2. The average molecular weight is 599 g/mol. The van der Waals surface area contributed by atoms with Crippen molar-refractivity contribution >= 4 is 34.1 Å². The number of rotatable bonds is 9. The number of amides is 2. The number of nitrogens with zero attached hydrogens (tertiary/aromatic N) is 2. The van der Waals surface area contributed by atoms with Crippen molar-refractivity contribution in [3.05, 3.63) is 84.6 Å². The highest BCUT2D eigenvalue weighted by Gasteiger charge is 2.56. The van der Waals surface area contributed by atoms with Gasteiger partial charge in [0.15, 0.2) is 11.6 Å². The molecular formula is C34H32F2N4O4. The Balaban J connectivity index is 0.994. The molecule has 2 aliphatic carbocycles. The molecule has 44 heavy (non-hydrogen) atoms. The number of likely N-dealkylation sites (tertiary alicyclic amines) is 1. The second kappa shape index (κ2) is 10.9. The lowest BCUT2D eigenvalue weighted by molar-refractivity contribution is -0.131. The summed E-state index contributed by atoms with van der Waals surface area (Å²) in [6.45, 7) is 0.619. The number of fused-ring (bicyclic) bond motifs is 1. The van der Waals surface area contributed by atoms with E-state index in [2.05, 4.69) is 27.6 Å². The number of pyridine rings is 1. The number of carbonyl (C=O) groups excluding carboxylic acids is 2. The molecule has 3 aromatic carbocycles. The van der Waals surface area contributed by atoms with Crippen LogP contribution in [-0.2, 0) is 9.59 Å². The average Bonchev–Trinajstić information content (AvgIpc) is 3.94. The maximum absolute atomic E-state index is 15.2. The molecule has 8 nitrogen and oxygen atoms in total. The Morgan fingerprint density at radius 2 is 1.61 bits per heavy atom. The SMILES string of the molecule is CN1C(COc2ccc3c(Oc4ccc(NC(=O)C5(C(=O)Nc6ccc(F)cc6)CC5)cc4F)ccnc3c2)CCC12CC2. The van der Waals surface area contributed by atoms with Crippen molar-refractivity contribution in [3.63, 3.8) is 0 Å². The number of ether oxygens (including phenoxy) is 2. The number of carbonyl (C=O) groups is 2. The van der Waals surface area contributed by atoms with Crippen molar-refractivity contribution in [1.29, 1.82) is 0 Å². The predicted molar refractivity (Wildman–Crippen MR) is 162 cm³/mol. The smallest absolute Gasteiger partial charge is 0.240 e. The van der Waals surface area contributed by atoms with Crippen LogP contribution in [0.3, 0.4) is 0 Å². The van der Waals surface area contributed by atoms with E-state index >= 15 is 4.39 Å². The Bertz CT molecular complexity index is 1750. The van der Waals surface area contributed by atoms with Crippen LogP contribution in [0.2, 0.25) is 0 Å². The molecule has 1 aliphatic heterocycles. The first-order valence-corrected chi connectivity index (χ1v) is 14.9. The monoisotopic (exact) mass is 598 g/mol. The van der Waals surface area contributed by atoms with E-state index in [-0.39, 0.29) is 11.4 Å². The van der Waals surface area contributed by atoms with E-state index < -0.39 is 28.9 Å². The van der Waals surface area contributed by atoms with Gasteiger partial charge >= 0.3 is 0 Å². The maximum atomic E-state index is 15.2. The van der Waals surface area contributed by atoms with Gasteiger partial charge in [0.25, 0.3) is 0 Å². The number of likely N-dealkylation sites (N-methyl/N-ethyl adjacent to an activating group) is 1. The van der Waals surface area contributed by atoms with E-state index in [0.717, 1.165) is 18.2 Å². The number of hydrogen-bond acceptors (Lipinski definition) is 6. The minimum Gasteiger partial charge on any atom is -0.492 e. The van der Waals surface area contributed by atoms with Gasteiger partial charge in [0.1, 0.15) is 29.3 Å². The van der Waals surface area contributed by atoms with Gasteiger partial charge in [0.05, 0.1) is 5.52 Å². The molecule has 0 bridgehead atoms. The lowest BCUT2D eigenvalue weighted by Gasteiger charge is -2.25. The van der Waals surface area contributed by atoms with E-state index in [1.165, 1.54) is 55.7 Å². The van der Waals surface area contributed by atoms with E-state index in [1.807, 2.05) is 18.2 Å². The zero-order valence-corrected chi connectivity index (χ0v) is 24.2. The Hall–Kier alpha value is -4.57. The third-order valence-electron chi connectivity index (χ3n) is 9.31. The second-order valence-electron chi connectivity index (χ2n) is 12.1. The highest BCUT2D eigenvalue weighted by atomic mass is 19.1. The van der Waals surface area contributed by atoms with Crippen molar-refractivity contribution in [1.82, 2.24) is 9.88 Å². The molecule has 10 heteroatoms. The number of aromatic nitrogens is 1. The Morgan fingerprint density at radius 3 is 2.30 bits per heavy atom. The van der Waals surface area contributed by atoms with Crippen molar-refractivity contribution in [2.45, 2.75) is 50.1 Å². The van der Waals surface area contributed by atoms with E-state index in [4.69, 9.17) is 9.47 Å². The highest BCUT2D eigenvalue weighted by molar-refractivity contribution is 6.16. The fourth-order valence-corrected chi connectivity index (χ4v) is 6.10. The molecule has 1 unspecified atom stereocenters. The summed E-state index contributed by atoms with van der Waals surface area (Å²) in [4.78, 5) is 32.8. The summed E-state index contributed by atoms with van der Waals surface area (Å²) in [5.74, 6) is -1.00. The van der Waals surface area contributed by atoms with E-state index in [9.17, 15) is 14.0 Å². The second-order valence-corrected chi connectivity index (χ2v) is 12.1. The molecule has 226 valence electrons. The summed E-state index contributed by atoms with van der Waals surface area (Å²) in [5, 5.41) is 6.01. The van der Waals surface area contributed by atoms with Crippen LogP contribution in [0.5, 0.6) is 17.2 Å². The largest absolute Gasteiger partial charge is 0.492 e. The van der Waals surface area contributed by atoms with Gasteiger partial charge in [0.2, 0.25) is 11.8 Å². The van der Waals surface area contributed by atoms with Crippen LogP contribution in [0.15, 0.2) is 72.9 Å². The third-order valence-corrected chi connectivity index (χ3v) is 9.31. The summed E-state index contributed by atoms with van der Waals surface area (Å²) in [7, 11) is 2.19. The minimum absolute atomic E-state index is 0.0238. The Morgan fingerprint density at radius 1 is 0.886 bits per heavy atom. The van der Waals surface area contributed by atoms with E-state index in [1.54, 1.807) is 12.3 Å². The van der Waals surface area contributed by atoms with Crippen LogP contribution in [-0.4, -0.2) is 46.9 Å². The van der Waals surface area contributed by atoms with Crippen molar-refractivity contribution in [2.75, 3.05) is 24.3 Å². The fraction of sp³-hybridized carbons (Fsp3) is 0.324. The number of nitrogens with one attached hydrogen (secondary N) is 2. The van der Waals surface area contributed by atoms with Gasteiger partial charge < -0.3 is 20.1 Å². The molecule has 2 saturated carbocycles. The summed E-state index contributed by atoms with van der Waals surface area (Å²) in [5.41, 5.74) is 0.398. The number of halogens is 2. The molecule has 7 rings (SSSR count). The van der Waals surface area contributed by atoms with Gasteiger partial charge in [0, 0.05) is 46.7 Å². The topological polar surface area (TPSA) is 92.8 Å². The van der Waals surface area contributed by atoms with Gasteiger partial charge in [-0.2, -0.15) is 0 Å². The van der Waals surface area contributed by atoms with Crippen molar-refractivity contribution in [2.24, 2.45) is 5.41 Å². The van der Waals surface area contributed by atoms with Crippen LogP contribution in [0.4, 0.5) is 20.2 Å². The van der Waals surface area contributed by atoms with Crippen molar-refractivity contribution < 1.29 is 27.8 Å². The van der Waals surface area contributed by atoms with Gasteiger partial charge in [-0.05, 0) is 100 Å². The molecule has 2 N–H and O–H groups in total. The number of benzene rings is 3. The first-order chi connectivity index (χ1) is 21.2. The van der Waals surface area contributed by atoms with Crippen LogP contribution in [0.1, 0.15) is 38.5 Å².